The standard InChI is InChI=1S/C13H14N6/c1-10(16-8-11-6-14-9-15-7-11)13-18-17-12-4-2-3-5-19(12)13/h2-7,9-10,16H,8H2,1H3. The molecular formula is C13H14N6. The van der Waals surface area contributed by atoms with Gasteiger partial charge in [0.2, 0.25) is 0 Å². The van der Waals surface area contributed by atoms with Crippen molar-refractivity contribution in [2.24, 2.45) is 0 Å². The Labute approximate surface area is 110 Å². The number of nitrogens with zero attached hydrogens (tertiary/aromatic N) is 5. The van der Waals surface area contributed by atoms with Crippen LogP contribution in [-0.2, 0) is 6.54 Å². The largest absolute Gasteiger partial charge is 0.303 e. The summed E-state index contributed by atoms with van der Waals surface area (Å²) in [7, 11) is 0. The zero-order valence-electron chi connectivity index (χ0n) is 10.6. The van der Waals surface area contributed by atoms with Gasteiger partial charge in [-0.25, -0.2) is 9.97 Å². The topological polar surface area (TPSA) is 68.0 Å². The monoisotopic (exact) mass is 254 g/mol. The van der Waals surface area contributed by atoms with Gasteiger partial charge in [-0.15, -0.1) is 10.2 Å². The lowest BCUT2D eigenvalue weighted by Gasteiger charge is -2.11. The number of hydrogen-bond acceptors (Lipinski definition) is 5. The Balaban J connectivity index is 1.75. The average molecular weight is 254 g/mol. The van der Waals surface area contributed by atoms with Crippen molar-refractivity contribution < 1.29 is 0 Å². The number of pyridine rings is 1. The average Bonchev–Trinajstić information content (AvgIpc) is 2.90. The minimum absolute atomic E-state index is 0.0950. The van der Waals surface area contributed by atoms with Gasteiger partial charge in [-0.2, -0.15) is 0 Å². The molecular weight excluding hydrogens is 240 g/mol. The third kappa shape index (κ3) is 2.43. The Hall–Kier alpha value is -2.34. The van der Waals surface area contributed by atoms with E-state index in [4.69, 9.17) is 0 Å². The first kappa shape index (κ1) is 11.7. The highest BCUT2D eigenvalue weighted by Gasteiger charge is 2.12. The van der Waals surface area contributed by atoms with Gasteiger partial charge in [0.1, 0.15) is 6.33 Å². The molecule has 0 aliphatic heterocycles. The van der Waals surface area contributed by atoms with Crippen LogP contribution < -0.4 is 5.32 Å². The maximum absolute atomic E-state index is 4.23. The number of fused-ring (bicyclic) bond motifs is 1. The fraction of sp³-hybridized carbons (Fsp3) is 0.231. The van der Waals surface area contributed by atoms with Gasteiger partial charge in [0, 0.05) is 30.7 Å². The van der Waals surface area contributed by atoms with Crippen molar-refractivity contribution in [1.82, 2.24) is 29.9 Å². The molecule has 1 N–H and O–H groups in total. The Bertz CT molecular complexity index is 663. The zero-order chi connectivity index (χ0) is 13.1. The molecule has 96 valence electrons. The number of hydrogen-bond donors (Lipinski definition) is 1. The zero-order valence-corrected chi connectivity index (χ0v) is 10.6. The Morgan fingerprint density at radius 1 is 1.21 bits per heavy atom. The van der Waals surface area contributed by atoms with E-state index in [9.17, 15) is 0 Å². The van der Waals surface area contributed by atoms with E-state index in [0.29, 0.717) is 6.54 Å². The molecule has 3 heterocycles. The lowest BCUT2D eigenvalue weighted by molar-refractivity contribution is 0.540. The summed E-state index contributed by atoms with van der Waals surface area (Å²) in [6, 6.07) is 5.96. The quantitative estimate of drug-likeness (QED) is 0.761. The van der Waals surface area contributed by atoms with Crippen LogP contribution in [0.25, 0.3) is 5.65 Å². The molecule has 0 fully saturated rings. The first-order chi connectivity index (χ1) is 9.34. The van der Waals surface area contributed by atoms with Crippen molar-refractivity contribution in [3.8, 4) is 0 Å². The molecule has 0 saturated heterocycles. The lowest BCUT2D eigenvalue weighted by Crippen LogP contribution is -2.20. The van der Waals surface area contributed by atoms with Gasteiger partial charge in [0.25, 0.3) is 0 Å². The summed E-state index contributed by atoms with van der Waals surface area (Å²) in [5, 5.41) is 11.8. The molecule has 1 atom stereocenters. The van der Waals surface area contributed by atoms with Crippen LogP contribution in [0, 0.1) is 0 Å². The van der Waals surface area contributed by atoms with Gasteiger partial charge in [-0.1, -0.05) is 6.07 Å². The van der Waals surface area contributed by atoms with Gasteiger partial charge in [0.15, 0.2) is 11.5 Å². The van der Waals surface area contributed by atoms with E-state index >= 15 is 0 Å². The first-order valence-electron chi connectivity index (χ1n) is 6.11. The molecule has 0 bridgehead atoms. The minimum atomic E-state index is 0.0950. The molecule has 3 aromatic rings. The van der Waals surface area contributed by atoms with E-state index in [1.165, 1.54) is 6.33 Å². The fourth-order valence-corrected chi connectivity index (χ4v) is 1.94. The Kier molecular flexibility index (Phi) is 3.16. The third-order valence-corrected chi connectivity index (χ3v) is 2.95. The molecule has 1 unspecified atom stereocenters. The highest BCUT2D eigenvalue weighted by Crippen LogP contribution is 2.12. The molecule has 0 spiro atoms. The van der Waals surface area contributed by atoms with Crippen LogP contribution in [0.15, 0.2) is 43.1 Å². The SMILES string of the molecule is CC(NCc1cncnc1)c1nnc2ccccn12. The van der Waals surface area contributed by atoms with E-state index in [-0.39, 0.29) is 6.04 Å². The molecule has 0 saturated carbocycles. The van der Waals surface area contributed by atoms with Gasteiger partial charge in [0.05, 0.1) is 6.04 Å². The molecule has 6 nitrogen and oxygen atoms in total. The molecule has 0 amide bonds. The van der Waals surface area contributed by atoms with Crippen molar-refractivity contribution in [2.75, 3.05) is 0 Å². The minimum Gasteiger partial charge on any atom is -0.303 e. The predicted octanol–water partition coefficient (Wildman–Crippen LogP) is 1.37. The molecule has 0 aliphatic rings. The fourth-order valence-electron chi connectivity index (χ4n) is 1.94. The lowest BCUT2D eigenvalue weighted by atomic mass is 10.2. The van der Waals surface area contributed by atoms with E-state index in [2.05, 4.69) is 32.4 Å². The van der Waals surface area contributed by atoms with Crippen molar-refractivity contribution in [2.45, 2.75) is 19.5 Å². The number of nitrogens with one attached hydrogen (secondary N) is 1. The maximum Gasteiger partial charge on any atom is 0.160 e. The second kappa shape index (κ2) is 5.11. The van der Waals surface area contributed by atoms with Gasteiger partial charge >= 0.3 is 0 Å². The first-order valence-corrected chi connectivity index (χ1v) is 6.11. The summed E-state index contributed by atoms with van der Waals surface area (Å²) >= 11 is 0. The van der Waals surface area contributed by atoms with Crippen molar-refractivity contribution in [3.05, 3.63) is 54.5 Å². The molecule has 19 heavy (non-hydrogen) atoms. The number of aromatic nitrogens is 5. The van der Waals surface area contributed by atoms with E-state index < -0.39 is 0 Å². The predicted molar refractivity (Wildman–Crippen MR) is 70.3 cm³/mol. The molecule has 3 rings (SSSR count). The summed E-state index contributed by atoms with van der Waals surface area (Å²) in [6.07, 6.45) is 7.09. The van der Waals surface area contributed by atoms with Crippen LogP contribution in [0.3, 0.4) is 0 Å². The van der Waals surface area contributed by atoms with Crippen LogP contribution in [0.4, 0.5) is 0 Å². The molecule has 0 radical (unpaired) electrons. The molecule has 6 heteroatoms. The summed E-state index contributed by atoms with van der Waals surface area (Å²) in [4.78, 5) is 7.98. The number of rotatable bonds is 4. The molecule has 0 aromatic carbocycles. The normalized spacial score (nSPS) is 12.7. The molecule has 3 aromatic heterocycles. The smallest absolute Gasteiger partial charge is 0.160 e. The van der Waals surface area contributed by atoms with Crippen molar-refractivity contribution in [3.63, 3.8) is 0 Å². The van der Waals surface area contributed by atoms with E-state index in [1.807, 2.05) is 28.8 Å². The van der Waals surface area contributed by atoms with Crippen molar-refractivity contribution in [1.29, 1.82) is 0 Å². The Morgan fingerprint density at radius 3 is 2.89 bits per heavy atom. The third-order valence-electron chi connectivity index (χ3n) is 2.95. The van der Waals surface area contributed by atoms with Crippen molar-refractivity contribution >= 4 is 5.65 Å². The Morgan fingerprint density at radius 2 is 2.05 bits per heavy atom. The molecule has 0 aliphatic carbocycles. The summed E-state index contributed by atoms with van der Waals surface area (Å²) in [5.74, 6) is 0.896. The van der Waals surface area contributed by atoms with E-state index in [1.54, 1.807) is 12.4 Å². The van der Waals surface area contributed by atoms with Crippen LogP contribution >= 0.6 is 0 Å². The van der Waals surface area contributed by atoms with Gasteiger partial charge in [-0.3, -0.25) is 4.40 Å². The second-order valence-electron chi connectivity index (χ2n) is 4.34. The second-order valence-corrected chi connectivity index (χ2v) is 4.34. The highest BCUT2D eigenvalue weighted by molar-refractivity contribution is 5.37. The van der Waals surface area contributed by atoms with Gasteiger partial charge < -0.3 is 5.32 Å². The summed E-state index contributed by atoms with van der Waals surface area (Å²) in [6.45, 7) is 2.76. The van der Waals surface area contributed by atoms with E-state index in [0.717, 1.165) is 17.0 Å². The van der Waals surface area contributed by atoms with Crippen LogP contribution in [0.2, 0.25) is 0 Å². The summed E-state index contributed by atoms with van der Waals surface area (Å²) in [5.41, 5.74) is 1.90. The summed E-state index contributed by atoms with van der Waals surface area (Å²) < 4.78 is 1.99. The van der Waals surface area contributed by atoms with Crippen LogP contribution in [0.5, 0.6) is 0 Å². The van der Waals surface area contributed by atoms with Crippen LogP contribution in [0.1, 0.15) is 24.4 Å². The van der Waals surface area contributed by atoms with Gasteiger partial charge in [-0.05, 0) is 19.1 Å². The highest BCUT2D eigenvalue weighted by atomic mass is 15.3. The maximum atomic E-state index is 4.23. The van der Waals surface area contributed by atoms with Crippen LogP contribution in [-0.4, -0.2) is 24.6 Å².